The van der Waals surface area contributed by atoms with Crippen molar-refractivity contribution < 1.29 is 34.2 Å². The second kappa shape index (κ2) is 11.8. The van der Waals surface area contributed by atoms with Crippen LogP contribution in [0.4, 0.5) is 0 Å². The predicted molar refractivity (Wildman–Crippen MR) is 92.8 cm³/mol. The maximum atomic E-state index is 12.4. The Morgan fingerprint density at radius 2 is 1.56 bits per heavy atom. The number of hydrogen-bond acceptors (Lipinski definition) is 7. The number of carbonyl (C=O) groups is 5. The molecule has 0 fully saturated rings. The molecule has 12 nitrogen and oxygen atoms in total. The molecule has 3 unspecified atom stereocenters. The summed E-state index contributed by atoms with van der Waals surface area (Å²) in [6.45, 7) is 2.10. The molecule has 0 aliphatic rings. The van der Waals surface area contributed by atoms with Crippen molar-refractivity contribution in [2.75, 3.05) is 13.2 Å². The van der Waals surface area contributed by atoms with E-state index in [0.717, 1.165) is 0 Å². The Balaban J connectivity index is 5.10. The molecule has 0 saturated heterocycles. The molecular weight excluding hydrogens is 362 g/mol. The van der Waals surface area contributed by atoms with Crippen molar-refractivity contribution in [1.82, 2.24) is 16.0 Å². The second-order valence-corrected chi connectivity index (χ2v) is 6.14. The Labute approximate surface area is 156 Å². The topological polar surface area (TPSA) is 214 Å². The molecule has 0 aliphatic carbocycles. The van der Waals surface area contributed by atoms with E-state index in [-0.39, 0.29) is 12.8 Å². The second-order valence-electron chi connectivity index (χ2n) is 6.14. The summed E-state index contributed by atoms with van der Waals surface area (Å²) in [4.78, 5) is 57.9. The van der Waals surface area contributed by atoms with E-state index in [2.05, 4.69) is 16.0 Å². The minimum absolute atomic E-state index is 0.207. The Hall–Kier alpha value is -2.73. The van der Waals surface area contributed by atoms with Gasteiger partial charge < -0.3 is 37.6 Å². The third-order valence-electron chi connectivity index (χ3n) is 3.56. The van der Waals surface area contributed by atoms with Gasteiger partial charge in [0.05, 0.1) is 13.2 Å². The first kappa shape index (κ1) is 24.3. The Morgan fingerprint density at radius 3 is 1.96 bits per heavy atom. The van der Waals surface area contributed by atoms with Crippen LogP contribution in [-0.2, 0) is 24.0 Å². The van der Waals surface area contributed by atoms with Gasteiger partial charge in [-0.1, -0.05) is 13.8 Å². The third kappa shape index (κ3) is 8.96. The molecule has 154 valence electrons. The number of aliphatic hydroxyl groups excluding tert-OH is 1. The molecule has 0 bridgehead atoms. The summed E-state index contributed by atoms with van der Waals surface area (Å²) in [5.41, 5.74) is 10.1. The summed E-state index contributed by atoms with van der Waals surface area (Å²) in [5.74, 6) is -4.82. The zero-order chi connectivity index (χ0) is 21.1. The summed E-state index contributed by atoms with van der Waals surface area (Å²) in [6, 6.07) is -3.83. The first-order chi connectivity index (χ1) is 12.5. The summed E-state index contributed by atoms with van der Waals surface area (Å²) in [6.07, 6.45) is -0.450. The van der Waals surface area contributed by atoms with Gasteiger partial charge in [0.15, 0.2) is 0 Å². The minimum Gasteiger partial charge on any atom is -0.480 e. The molecule has 0 aliphatic heterocycles. The Bertz CT molecular complexity index is 567. The molecule has 9 N–H and O–H groups in total. The largest absolute Gasteiger partial charge is 0.480 e. The zero-order valence-electron chi connectivity index (χ0n) is 15.2. The van der Waals surface area contributed by atoms with Crippen molar-refractivity contribution in [2.24, 2.45) is 17.4 Å². The van der Waals surface area contributed by atoms with E-state index in [1.807, 2.05) is 0 Å². The van der Waals surface area contributed by atoms with E-state index in [4.69, 9.17) is 16.6 Å². The SMILES string of the molecule is CC(C)C(NC(=O)C(CO)NC(=O)CN)C(=O)NC(CCC(N)=O)C(=O)O. The number of primary amides is 1. The normalized spacial score (nSPS) is 14.0. The fourth-order valence-corrected chi connectivity index (χ4v) is 2.04. The van der Waals surface area contributed by atoms with Crippen LogP contribution >= 0.6 is 0 Å². The molecule has 3 atom stereocenters. The van der Waals surface area contributed by atoms with Crippen molar-refractivity contribution in [2.45, 2.75) is 44.8 Å². The van der Waals surface area contributed by atoms with Crippen LogP contribution in [0.1, 0.15) is 26.7 Å². The van der Waals surface area contributed by atoms with Crippen LogP contribution in [0.5, 0.6) is 0 Å². The number of aliphatic carboxylic acids is 1. The molecule has 27 heavy (non-hydrogen) atoms. The molecule has 0 aromatic carbocycles. The lowest BCUT2D eigenvalue weighted by Crippen LogP contribution is -2.58. The van der Waals surface area contributed by atoms with Crippen LogP contribution in [0.3, 0.4) is 0 Å². The van der Waals surface area contributed by atoms with Gasteiger partial charge in [0, 0.05) is 6.42 Å². The molecule has 12 heteroatoms. The number of nitrogens with two attached hydrogens (primary N) is 2. The van der Waals surface area contributed by atoms with E-state index >= 15 is 0 Å². The van der Waals surface area contributed by atoms with Crippen LogP contribution in [0.25, 0.3) is 0 Å². The summed E-state index contributed by atoms with van der Waals surface area (Å²) in [5, 5.41) is 25.2. The molecule has 4 amide bonds. The van der Waals surface area contributed by atoms with Crippen molar-refractivity contribution in [1.29, 1.82) is 0 Å². The van der Waals surface area contributed by atoms with Crippen molar-refractivity contribution in [3.63, 3.8) is 0 Å². The number of rotatable bonds is 12. The maximum Gasteiger partial charge on any atom is 0.326 e. The van der Waals surface area contributed by atoms with Crippen LogP contribution < -0.4 is 27.4 Å². The first-order valence-electron chi connectivity index (χ1n) is 8.25. The summed E-state index contributed by atoms with van der Waals surface area (Å²) in [7, 11) is 0. The van der Waals surface area contributed by atoms with Gasteiger partial charge >= 0.3 is 5.97 Å². The van der Waals surface area contributed by atoms with Gasteiger partial charge in [-0.25, -0.2) is 4.79 Å². The lowest BCUT2D eigenvalue weighted by Gasteiger charge is -2.26. The van der Waals surface area contributed by atoms with Crippen LogP contribution in [0.15, 0.2) is 0 Å². The fraction of sp³-hybridized carbons (Fsp3) is 0.667. The molecule has 0 aromatic rings. The zero-order valence-corrected chi connectivity index (χ0v) is 15.2. The molecule has 0 aromatic heterocycles. The van der Waals surface area contributed by atoms with E-state index in [9.17, 15) is 29.1 Å². The van der Waals surface area contributed by atoms with Crippen molar-refractivity contribution in [3.8, 4) is 0 Å². The number of carbonyl (C=O) groups excluding carboxylic acids is 4. The van der Waals surface area contributed by atoms with Gasteiger partial charge in [-0.3, -0.25) is 19.2 Å². The molecule has 0 saturated carbocycles. The Morgan fingerprint density at radius 1 is 0.963 bits per heavy atom. The van der Waals surface area contributed by atoms with Crippen molar-refractivity contribution in [3.05, 3.63) is 0 Å². The molecule has 0 spiro atoms. The average Bonchev–Trinajstić information content (AvgIpc) is 2.59. The molecule has 0 rings (SSSR count). The van der Waals surface area contributed by atoms with Gasteiger partial charge in [-0.05, 0) is 12.3 Å². The van der Waals surface area contributed by atoms with E-state index in [1.165, 1.54) is 0 Å². The maximum absolute atomic E-state index is 12.4. The highest BCUT2D eigenvalue weighted by molar-refractivity contribution is 5.93. The molecular formula is C15H27N5O7. The summed E-state index contributed by atoms with van der Waals surface area (Å²) >= 11 is 0. The molecule has 0 heterocycles. The number of hydrogen-bond donors (Lipinski definition) is 7. The van der Waals surface area contributed by atoms with Crippen molar-refractivity contribution >= 4 is 29.6 Å². The number of carboxylic acid groups (broad SMARTS) is 1. The minimum atomic E-state index is -1.37. The highest BCUT2D eigenvalue weighted by atomic mass is 16.4. The number of carboxylic acids is 1. The van der Waals surface area contributed by atoms with E-state index < -0.39 is 66.8 Å². The van der Waals surface area contributed by atoms with Gasteiger partial charge in [-0.2, -0.15) is 0 Å². The van der Waals surface area contributed by atoms with E-state index in [1.54, 1.807) is 13.8 Å². The van der Waals surface area contributed by atoms with Gasteiger partial charge in [-0.15, -0.1) is 0 Å². The van der Waals surface area contributed by atoms with Crippen LogP contribution in [0, 0.1) is 5.92 Å². The van der Waals surface area contributed by atoms with Crippen LogP contribution in [0.2, 0.25) is 0 Å². The van der Waals surface area contributed by atoms with Crippen LogP contribution in [-0.4, -0.2) is 71.1 Å². The van der Waals surface area contributed by atoms with E-state index in [0.29, 0.717) is 0 Å². The Kier molecular flexibility index (Phi) is 10.6. The quantitative estimate of drug-likeness (QED) is 0.176. The lowest BCUT2D eigenvalue weighted by atomic mass is 10.0. The highest BCUT2D eigenvalue weighted by Crippen LogP contribution is 2.05. The monoisotopic (exact) mass is 389 g/mol. The predicted octanol–water partition coefficient (Wildman–Crippen LogP) is -3.60. The lowest BCUT2D eigenvalue weighted by molar-refractivity contribution is -0.143. The van der Waals surface area contributed by atoms with Gasteiger partial charge in [0.1, 0.15) is 18.1 Å². The van der Waals surface area contributed by atoms with Gasteiger partial charge in [0.25, 0.3) is 0 Å². The number of amides is 4. The standard InChI is InChI=1S/C15H27N5O7/c1-7(2)12(20-13(24)9(6-21)18-11(23)5-16)14(25)19-8(15(26)27)3-4-10(17)22/h7-9,12,21H,3-6,16H2,1-2H3,(H2,17,22)(H,18,23)(H,19,25)(H,20,24)(H,26,27). The molecule has 0 radical (unpaired) electrons. The first-order valence-corrected chi connectivity index (χ1v) is 8.25. The summed E-state index contributed by atoms with van der Waals surface area (Å²) < 4.78 is 0. The highest BCUT2D eigenvalue weighted by Gasteiger charge is 2.31. The number of nitrogens with one attached hydrogen (secondary N) is 3. The third-order valence-corrected chi connectivity index (χ3v) is 3.56. The smallest absolute Gasteiger partial charge is 0.326 e. The average molecular weight is 389 g/mol. The van der Waals surface area contributed by atoms with Gasteiger partial charge in [0.2, 0.25) is 23.6 Å². The number of aliphatic hydroxyl groups is 1. The fourth-order valence-electron chi connectivity index (χ4n) is 2.04.